The standard InChI is InChI=1S/C17H15BN4O3S/c1-25-13-4-2-3-11(7-13)14-10-26-17(20-14)21-15(23)8-19-16(24)12-5-6-22(18)9-12/h2-7,9-10H,8H2,1H3,(H,19,24)(H,20,21,23). The van der Waals surface area contributed by atoms with Crippen molar-refractivity contribution in [3.05, 3.63) is 53.7 Å². The summed E-state index contributed by atoms with van der Waals surface area (Å²) in [6.45, 7) is -0.164. The second kappa shape index (κ2) is 7.88. The van der Waals surface area contributed by atoms with Crippen LogP contribution in [0.3, 0.4) is 0 Å². The second-order valence-electron chi connectivity index (χ2n) is 5.35. The van der Waals surface area contributed by atoms with Gasteiger partial charge in [0.25, 0.3) is 5.91 Å². The molecule has 2 heterocycles. The fourth-order valence-electron chi connectivity index (χ4n) is 2.22. The Morgan fingerprint density at radius 3 is 2.92 bits per heavy atom. The van der Waals surface area contributed by atoms with Crippen molar-refractivity contribution in [3.8, 4) is 17.0 Å². The molecule has 2 aromatic heterocycles. The van der Waals surface area contributed by atoms with Gasteiger partial charge in [0.2, 0.25) is 13.9 Å². The van der Waals surface area contributed by atoms with E-state index < -0.39 is 0 Å². The predicted molar refractivity (Wildman–Crippen MR) is 101 cm³/mol. The Hall–Kier alpha value is -3.07. The van der Waals surface area contributed by atoms with Crippen LogP contribution in [0.15, 0.2) is 48.1 Å². The molecule has 0 bridgehead atoms. The van der Waals surface area contributed by atoms with Crippen LogP contribution in [-0.2, 0) is 4.79 Å². The molecule has 0 fully saturated rings. The number of methoxy groups -OCH3 is 1. The van der Waals surface area contributed by atoms with E-state index in [2.05, 4.69) is 15.6 Å². The molecule has 0 aliphatic rings. The van der Waals surface area contributed by atoms with Crippen molar-refractivity contribution in [2.45, 2.75) is 0 Å². The number of benzene rings is 1. The summed E-state index contributed by atoms with van der Waals surface area (Å²) >= 11 is 1.30. The smallest absolute Gasteiger partial charge is 0.253 e. The van der Waals surface area contributed by atoms with Gasteiger partial charge in [-0.15, -0.1) is 11.3 Å². The van der Waals surface area contributed by atoms with E-state index in [0.717, 1.165) is 17.0 Å². The van der Waals surface area contributed by atoms with E-state index >= 15 is 0 Å². The Labute approximate surface area is 155 Å². The van der Waals surface area contributed by atoms with E-state index in [9.17, 15) is 9.59 Å². The molecule has 9 heteroatoms. The summed E-state index contributed by atoms with van der Waals surface area (Å²) in [5, 5.41) is 7.49. The SMILES string of the molecule is [B]n1ccc(C(=O)NCC(=O)Nc2nc(-c3cccc(OC)c3)cs2)c1. The maximum absolute atomic E-state index is 12.0. The van der Waals surface area contributed by atoms with Crippen molar-refractivity contribution in [2.24, 2.45) is 0 Å². The van der Waals surface area contributed by atoms with Crippen LogP contribution in [0.2, 0.25) is 0 Å². The van der Waals surface area contributed by atoms with Gasteiger partial charge in [0.15, 0.2) is 5.13 Å². The van der Waals surface area contributed by atoms with Crippen LogP contribution in [0.1, 0.15) is 10.4 Å². The number of rotatable bonds is 6. The lowest BCUT2D eigenvalue weighted by Gasteiger charge is -2.04. The lowest BCUT2D eigenvalue weighted by atomic mass is 10.2. The molecule has 26 heavy (non-hydrogen) atoms. The van der Waals surface area contributed by atoms with Crippen molar-refractivity contribution < 1.29 is 14.3 Å². The van der Waals surface area contributed by atoms with Gasteiger partial charge in [0, 0.05) is 17.1 Å². The number of amides is 2. The molecule has 2 N–H and O–H groups in total. The minimum absolute atomic E-state index is 0.164. The molecule has 130 valence electrons. The van der Waals surface area contributed by atoms with Crippen LogP contribution in [0.5, 0.6) is 5.75 Å². The van der Waals surface area contributed by atoms with E-state index in [-0.39, 0.29) is 18.4 Å². The molecule has 0 aliphatic heterocycles. The molecular weight excluding hydrogens is 351 g/mol. The van der Waals surface area contributed by atoms with E-state index in [4.69, 9.17) is 12.7 Å². The predicted octanol–water partition coefficient (Wildman–Crippen LogP) is 1.92. The van der Waals surface area contributed by atoms with Gasteiger partial charge in [0.05, 0.1) is 24.9 Å². The number of anilines is 1. The zero-order valence-corrected chi connectivity index (χ0v) is 14.7. The average molecular weight is 366 g/mol. The van der Waals surface area contributed by atoms with Gasteiger partial charge in [-0.1, -0.05) is 12.1 Å². The summed E-state index contributed by atoms with van der Waals surface area (Å²) in [4.78, 5) is 28.3. The summed E-state index contributed by atoms with van der Waals surface area (Å²) in [6.07, 6.45) is 3.01. The van der Waals surface area contributed by atoms with Crippen LogP contribution in [0, 0.1) is 0 Å². The molecule has 0 atom stereocenters. The molecule has 3 rings (SSSR count). The summed E-state index contributed by atoms with van der Waals surface area (Å²) in [7, 11) is 7.09. The maximum atomic E-state index is 12.0. The van der Waals surface area contributed by atoms with E-state index in [1.165, 1.54) is 22.0 Å². The van der Waals surface area contributed by atoms with Gasteiger partial charge in [0.1, 0.15) is 5.75 Å². The van der Waals surface area contributed by atoms with Crippen LogP contribution >= 0.6 is 11.3 Å². The van der Waals surface area contributed by atoms with Crippen LogP contribution in [0.25, 0.3) is 11.3 Å². The topological polar surface area (TPSA) is 85.3 Å². The first-order chi connectivity index (χ1) is 12.5. The summed E-state index contributed by atoms with van der Waals surface area (Å²) < 4.78 is 6.46. The minimum Gasteiger partial charge on any atom is -0.497 e. The quantitative estimate of drug-likeness (QED) is 0.653. The van der Waals surface area contributed by atoms with Crippen molar-refractivity contribution >= 4 is 36.3 Å². The third kappa shape index (κ3) is 4.31. The largest absolute Gasteiger partial charge is 0.497 e. The lowest BCUT2D eigenvalue weighted by molar-refractivity contribution is -0.115. The first kappa shape index (κ1) is 17.7. The Morgan fingerprint density at radius 2 is 2.19 bits per heavy atom. The highest BCUT2D eigenvalue weighted by Crippen LogP contribution is 2.27. The highest BCUT2D eigenvalue weighted by Gasteiger charge is 2.11. The number of hydrogen-bond donors (Lipinski definition) is 2. The van der Waals surface area contributed by atoms with Crippen molar-refractivity contribution in [1.29, 1.82) is 0 Å². The average Bonchev–Trinajstić information content (AvgIpc) is 3.29. The van der Waals surface area contributed by atoms with E-state index in [0.29, 0.717) is 10.7 Å². The molecule has 2 radical (unpaired) electrons. The van der Waals surface area contributed by atoms with Crippen molar-refractivity contribution in [1.82, 2.24) is 14.8 Å². The lowest BCUT2D eigenvalue weighted by Crippen LogP contribution is -2.32. The fraction of sp³-hybridized carbons (Fsp3) is 0.118. The van der Waals surface area contributed by atoms with Crippen LogP contribution in [0.4, 0.5) is 5.13 Å². The van der Waals surface area contributed by atoms with Gasteiger partial charge in [-0.2, -0.15) is 0 Å². The Bertz CT molecular complexity index is 937. The molecular formula is C17H15BN4O3S. The first-order valence-electron chi connectivity index (χ1n) is 7.66. The second-order valence-corrected chi connectivity index (χ2v) is 6.21. The van der Waals surface area contributed by atoms with Gasteiger partial charge in [-0.3, -0.25) is 9.59 Å². The van der Waals surface area contributed by atoms with Crippen LogP contribution in [-0.4, -0.2) is 42.9 Å². The Balaban J connectivity index is 1.56. The Morgan fingerprint density at radius 1 is 1.35 bits per heavy atom. The number of carbonyl (C=O) groups excluding carboxylic acids is 2. The molecule has 0 aliphatic carbocycles. The normalized spacial score (nSPS) is 10.3. The van der Waals surface area contributed by atoms with E-state index in [1.54, 1.807) is 19.4 Å². The molecule has 3 aromatic rings. The zero-order chi connectivity index (χ0) is 18.5. The number of nitrogens with one attached hydrogen (secondary N) is 2. The zero-order valence-electron chi connectivity index (χ0n) is 13.9. The number of hydrogen-bond acceptors (Lipinski definition) is 5. The fourth-order valence-corrected chi connectivity index (χ4v) is 2.96. The van der Waals surface area contributed by atoms with Gasteiger partial charge in [-0.05, 0) is 24.4 Å². The molecule has 0 saturated heterocycles. The van der Waals surface area contributed by atoms with Crippen LogP contribution < -0.4 is 15.4 Å². The molecule has 0 unspecified atom stereocenters. The monoisotopic (exact) mass is 366 g/mol. The van der Waals surface area contributed by atoms with Crippen molar-refractivity contribution in [3.63, 3.8) is 0 Å². The van der Waals surface area contributed by atoms with Gasteiger partial charge in [-0.25, -0.2) is 4.98 Å². The maximum Gasteiger partial charge on any atom is 0.253 e. The number of thiazole rings is 1. The van der Waals surface area contributed by atoms with Crippen molar-refractivity contribution in [2.75, 3.05) is 19.0 Å². The van der Waals surface area contributed by atoms with E-state index in [1.807, 2.05) is 29.6 Å². The molecule has 0 spiro atoms. The minimum atomic E-state index is -0.374. The third-order valence-electron chi connectivity index (χ3n) is 3.50. The third-order valence-corrected chi connectivity index (χ3v) is 4.26. The number of ether oxygens (including phenoxy) is 1. The number of aromatic nitrogens is 2. The summed E-state index contributed by atoms with van der Waals surface area (Å²) in [5.74, 6) is -0.00672. The highest BCUT2D eigenvalue weighted by atomic mass is 32.1. The number of carbonyl (C=O) groups is 2. The Kier molecular flexibility index (Phi) is 5.38. The molecule has 1 aromatic carbocycles. The van der Waals surface area contributed by atoms with Gasteiger partial charge >= 0.3 is 0 Å². The highest BCUT2D eigenvalue weighted by molar-refractivity contribution is 7.14. The molecule has 7 nitrogen and oxygen atoms in total. The first-order valence-corrected chi connectivity index (χ1v) is 8.54. The number of nitrogens with zero attached hydrogens (tertiary/aromatic N) is 2. The van der Waals surface area contributed by atoms with Gasteiger partial charge < -0.3 is 19.8 Å². The molecule has 0 saturated carbocycles. The summed E-state index contributed by atoms with van der Waals surface area (Å²) in [5.41, 5.74) is 2.01. The summed E-state index contributed by atoms with van der Waals surface area (Å²) in [6, 6.07) is 9.06. The molecule has 2 amide bonds.